The Morgan fingerprint density at radius 1 is 1.44 bits per heavy atom. The molecule has 0 radical (unpaired) electrons. The van der Waals surface area contributed by atoms with Crippen molar-refractivity contribution in [1.29, 1.82) is 0 Å². The van der Waals surface area contributed by atoms with Crippen molar-refractivity contribution in [3.05, 3.63) is 0 Å². The maximum absolute atomic E-state index is 5.48. The van der Waals surface area contributed by atoms with E-state index in [0.29, 0.717) is 6.04 Å². The second-order valence-corrected chi connectivity index (χ2v) is 6.16. The first-order valence-corrected chi connectivity index (χ1v) is 7.46. The van der Waals surface area contributed by atoms with E-state index in [2.05, 4.69) is 38.2 Å². The number of methoxy groups -OCH3 is 1. The van der Waals surface area contributed by atoms with Gasteiger partial charge in [-0.15, -0.1) is 0 Å². The average molecular weight is 256 g/mol. The van der Waals surface area contributed by atoms with Crippen LogP contribution < -0.4 is 5.32 Å². The van der Waals surface area contributed by atoms with E-state index in [-0.39, 0.29) is 5.54 Å². The molecule has 0 saturated heterocycles. The molecule has 1 saturated carbocycles. The van der Waals surface area contributed by atoms with Gasteiger partial charge < -0.3 is 15.0 Å². The fourth-order valence-corrected chi connectivity index (χ4v) is 3.49. The van der Waals surface area contributed by atoms with Gasteiger partial charge in [0.25, 0.3) is 0 Å². The minimum Gasteiger partial charge on any atom is -0.383 e. The summed E-state index contributed by atoms with van der Waals surface area (Å²) in [5, 5.41) is 3.72. The Morgan fingerprint density at radius 3 is 2.67 bits per heavy atom. The zero-order valence-electron chi connectivity index (χ0n) is 13.0. The van der Waals surface area contributed by atoms with Crippen LogP contribution in [-0.2, 0) is 4.74 Å². The highest BCUT2D eigenvalue weighted by Gasteiger charge is 2.43. The molecule has 1 aliphatic carbocycles. The Balaban J connectivity index is 2.83. The minimum atomic E-state index is 0.267. The maximum atomic E-state index is 5.48. The molecule has 108 valence electrons. The van der Waals surface area contributed by atoms with Crippen LogP contribution in [0.25, 0.3) is 0 Å². The van der Waals surface area contributed by atoms with Gasteiger partial charge in [-0.25, -0.2) is 0 Å². The second-order valence-electron chi connectivity index (χ2n) is 6.16. The Kier molecular flexibility index (Phi) is 6.61. The van der Waals surface area contributed by atoms with Gasteiger partial charge in [0.2, 0.25) is 0 Å². The third-order valence-corrected chi connectivity index (χ3v) is 4.52. The van der Waals surface area contributed by atoms with E-state index < -0.39 is 0 Å². The molecule has 0 bridgehead atoms. The molecule has 1 rings (SSSR count). The molecule has 3 nitrogen and oxygen atoms in total. The average Bonchev–Trinajstić information content (AvgIpc) is 2.34. The molecule has 0 amide bonds. The Labute approximate surface area is 113 Å². The summed E-state index contributed by atoms with van der Waals surface area (Å²) in [6, 6.07) is 0.445. The number of likely N-dealkylation sites (N-methyl/N-ethyl adjacent to an activating group) is 1. The number of ether oxygens (including phenoxy) is 1. The van der Waals surface area contributed by atoms with Gasteiger partial charge in [-0.3, -0.25) is 0 Å². The van der Waals surface area contributed by atoms with E-state index in [4.69, 9.17) is 4.74 Å². The van der Waals surface area contributed by atoms with Crippen molar-refractivity contribution in [2.45, 2.75) is 57.5 Å². The van der Waals surface area contributed by atoms with Crippen LogP contribution in [0.2, 0.25) is 0 Å². The number of nitrogens with one attached hydrogen (secondary N) is 1. The molecule has 1 N–H and O–H groups in total. The van der Waals surface area contributed by atoms with Crippen molar-refractivity contribution >= 4 is 0 Å². The smallest absolute Gasteiger partial charge is 0.0633 e. The van der Waals surface area contributed by atoms with E-state index >= 15 is 0 Å². The van der Waals surface area contributed by atoms with Crippen molar-refractivity contribution in [3.8, 4) is 0 Å². The summed E-state index contributed by atoms with van der Waals surface area (Å²) in [6.45, 7) is 6.51. The first kappa shape index (κ1) is 15.9. The van der Waals surface area contributed by atoms with Gasteiger partial charge in [0, 0.05) is 18.7 Å². The molecule has 0 aliphatic heterocycles. The fraction of sp³-hybridized carbons (Fsp3) is 1.00. The topological polar surface area (TPSA) is 24.5 Å². The Hall–Kier alpha value is -0.120. The van der Waals surface area contributed by atoms with E-state index in [0.717, 1.165) is 19.1 Å². The molecule has 0 aromatic carbocycles. The van der Waals surface area contributed by atoms with Gasteiger partial charge in [-0.05, 0) is 45.8 Å². The number of rotatable bonds is 7. The van der Waals surface area contributed by atoms with Crippen molar-refractivity contribution in [2.24, 2.45) is 5.92 Å². The van der Waals surface area contributed by atoms with Crippen LogP contribution in [0.15, 0.2) is 0 Å². The van der Waals surface area contributed by atoms with Crippen molar-refractivity contribution in [1.82, 2.24) is 10.2 Å². The van der Waals surface area contributed by atoms with Crippen LogP contribution in [0.1, 0.15) is 46.0 Å². The first-order valence-electron chi connectivity index (χ1n) is 7.46. The maximum Gasteiger partial charge on any atom is 0.0633 e. The monoisotopic (exact) mass is 256 g/mol. The third kappa shape index (κ3) is 3.69. The largest absolute Gasteiger partial charge is 0.383 e. The van der Waals surface area contributed by atoms with Crippen molar-refractivity contribution < 1.29 is 4.74 Å². The van der Waals surface area contributed by atoms with Crippen LogP contribution in [0, 0.1) is 5.92 Å². The van der Waals surface area contributed by atoms with Crippen LogP contribution in [0.5, 0.6) is 0 Å². The van der Waals surface area contributed by atoms with Crippen molar-refractivity contribution in [3.63, 3.8) is 0 Å². The lowest BCUT2D eigenvalue weighted by atomic mass is 9.71. The SMILES string of the molecule is CCCNC(COC)C1(N(C)C)CCCC(C)C1. The quantitative estimate of drug-likeness (QED) is 0.757. The van der Waals surface area contributed by atoms with Crippen LogP contribution in [-0.4, -0.2) is 50.8 Å². The molecule has 0 spiro atoms. The molecule has 0 aromatic rings. The van der Waals surface area contributed by atoms with E-state index in [1.165, 1.54) is 32.1 Å². The van der Waals surface area contributed by atoms with Gasteiger partial charge in [0.1, 0.15) is 0 Å². The molecule has 1 fully saturated rings. The molecule has 3 unspecified atom stereocenters. The number of nitrogens with zero attached hydrogens (tertiary/aromatic N) is 1. The minimum absolute atomic E-state index is 0.267. The molecule has 3 heteroatoms. The predicted octanol–water partition coefficient (Wildman–Crippen LogP) is 2.51. The lowest BCUT2D eigenvalue weighted by molar-refractivity contribution is 0.00641. The van der Waals surface area contributed by atoms with Crippen molar-refractivity contribution in [2.75, 3.05) is 34.4 Å². The van der Waals surface area contributed by atoms with E-state index in [1.807, 2.05) is 7.11 Å². The first-order chi connectivity index (χ1) is 8.56. The summed E-state index contributed by atoms with van der Waals surface area (Å²) in [4.78, 5) is 2.44. The van der Waals surface area contributed by atoms with E-state index in [1.54, 1.807) is 0 Å². The molecule has 3 atom stereocenters. The van der Waals surface area contributed by atoms with Gasteiger partial charge in [0.05, 0.1) is 6.61 Å². The van der Waals surface area contributed by atoms with Gasteiger partial charge in [-0.2, -0.15) is 0 Å². The van der Waals surface area contributed by atoms with Crippen LogP contribution >= 0.6 is 0 Å². The molecule has 0 heterocycles. The highest BCUT2D eigenvalue weighted by Crippen LogP contribution is 2.38. The summed E-state index contributed by atoms with van der Waals surface area (Å²) in [7, 11) is 6.28. The van der Waals surface area contributed by atoms with Gasteiger partial charge >= 0.3 is 0 Å². The van der Waals surface area contributed by atoms with Gasteiger partial charge in [0.15, 0.2) is 0 Å². The Bertz CT molecular complexity index is 233. The summed E-state index contributed by atoms with van der Waals surface area (Å²) < 4.78 is 5.48. The molecule has 0 aromatic heterocycles. The summed E-state index contributed by atoms with van der Waals surface area (Å²) in [5.74, 6) is 0.823. The van der Waals surface area contributed by atoms with E-state index in [9.17, 15) is 0 Å². The summed E-state index contributed by atoms with van der Waals surface area (Å²) in [6.07, 6.45) is 6.47. The predicted molar refractivity (Wildman–Crippen MR) is 78.0 cm³/mol. The highest BCUT2D eigenvalue weighted by molar-refractivity contribution is 5.01. The Morgan fingerprint density at radius 2 is 2.17 bits per heavy atom. The van der Waals surface area contributed by atoms with Gasteiger partial charge in [-0.1, -0.05) is 26.7 Å². The zero-order chi connectivity index (χ0) is 13.6. The standard InChI is InChI=1S/C15H32N2O/c1-6-10-16-14(12-18-5)15(17(3)4)9-7-8-13(2)11-15/h13-14,16H,6-12H2,1-5H3. The third-order valence-electron chi connectivity index (χ3n) is 4.52. The summed E-state index contributed by atoms with van der Waals surface area (Å²) in [5.41, 5.74) is 0.267. The number of hydrogen-bond donors (Lipinski definition) is 1. The van der Waals surface area contributed by atoms with Crippen LogP contribution in [0.4, 0.5) is 0 Å². The zero-order valence-corrected chi connectivity index (χ0v) is 13.0. The normalized spacial score (nSPS) is 30.7. The highest BCUT2D eigenvalue weighted by atomic mass is 16.5. The summed E-state index contributed by atoms with van der Waals surface area (Å²) >= 11 is 0. The molecular formula is C15H32N2O. The molecule has 18 heavy (non-hydrogen) atoms. The fourth-order valence-electron chi connectivity index (χ4n) is 3.49. The lowest BCUT2D eigenvalue weighted by Crippen LogP contribution is -2.62. The lowest BCUT2D eigenvalue weighted by Gasteiger charge is -2.50. The molecule has 1 aliphatic rings. The number of hydrogen-bond acceptors (Lipinski definition) is 3. The second kappa shape index (κ2) is 7.46. The molecular weight excluding hydrogens is 224 g/mol. The van der Waals surface area contributed by atoms with Crippen LogP contribution in [0.3, 0.4) is 0 Å².